The van der Waals surface area contributed by atoms with Gasteiger partial charge in [-0.3, -0.25) is 0 Å². The molecule has 1 aromatic rings. The molecule has 4 nitrogen and oxygen atoms in total. The first-order valence-corrected chi connectivity index (χ1v) is 7.00. The highest BCUT2D eigenvalue weighted by molar-refractivity contribution is 6.42. The zero-order chi connectivity index (χ0) is 13.8. The Morgan fingerprint density at radius 2 is 2.00 bits per heavy atom. The van der Waals surface area contributed by atoms with Crippen LogP contribution in [0.2, 0.25) is 10.0 Å². The average molecular weight is 300 g/mol. The van der Waals surface area contributed by atoms with Crippen molar-refractivity contribution in [3.63, 3.8) is 0 Å². The molecule has 0 bridgehead atoms. The number of carbonyl (C=O) groups excluding carboxylic acids is 1. The van der Waals surface area contributed by atoms with Gasteiger partial charge in [0.1, 0.15) is 5.66 Å². The van der Waals surface area contributed by atoms with Gasteiger partial charge in [0.2, 0.25) is 0 Å². The van der Waals surface area contributed by atoms with E-state index < -0.39 is 0 Å². The van der Waals surface area contributed by atoms with Gasteiger partial charge in [-0.05, 0) is 43.9 Å². The third-order valence-electron chi connectivity index (χ3n) is 4.05. The van der Waals surface area contributed by atoms with Crippen molar-refractivity contribution in [3.05, 3.63) is 28.2 Å². The number of nitrogens with one attached hydrogen (secondary N) is 1. The fourth-order valence-electron chi connectivity index (χ4n) is 2.51. The molecule has 1 atom stereocenters. The first-order chi connectivity index (χ1) is 8.93. The Hall–Kier alpha value is -0.970. The smallest absolute Gasteiger partial charge is 0.306 e. The number of anilines is 1. The maximum absolute atomic E-state index is 12.4. The fourth-order valence-corrected chi connectivity index (χ4v) is 2.80. The molecule has 2 fully saturated rings. The molecule has 1 aromatic carbocycles. The van der Waals surface area contributed by atoms with Crippen molar-refractivity contribution < 1.29 is 4.79 Å². The topological polar surface area (TPSA) is 35.6 Å². The van der Waals surface area contributed by atoms with Crippen LogP contribution in [-0.2, 0) is 0 Å². The van der Waals surface area contributed by atoms with Gasteiger partial charge in [0.25, 0.3) is 0 Å². The summed E-state index contributed by atoms with van der Waals surface area (Å²) in [4.78, 5) is 14.1. The SMILES string of the molecule is CN1C(=O)N(c2ccc(Cl)c(Cl)c2)NC1(C)C1CC1. The highest BCUT2D eigenvalue weighted by Crippen LogP contribution is 2.44. The number of carbonyl (C=O) groups is 1. The van der Waals surface area contributed by atoms with Gasteiger partial charge in [0.05, 0.1) is 15.7 Å². The second kappa shape index (κ2) is 4.27. The standard InChI is InChI=1S/C13H15Cl2N3O/c1-13(8-3-4-8)16-18(12(19)17(13)2)9-5-6-10(14)11(15)7-9/h5-8,16H,3-4H2,1-2H3. The van der Waals surface area contributed by atoms with Crippen molar-refractivity contribution in [2.75, 3.05) is 12.1 Å². The average Bonchev–Trinajstić information content (AvgIpc) is 3.19. The molecule has 0 aromatic heterocycles. The van der Waals surface area contributed by atoms with E-state index in [1.807, 2.05) is 7.05 Å². The Balaban J connectivity index is 1.93. The number of nitrogens with zero attached hydrogens (tertiary/aromatic N) is 2. The van der Waals surface area contributed by atoms with Crippen molar-refractivity contribution >= 4 is 34.9 Å². The van der Waals surface area contributed by atoms with E-state index in [1.165, 1.54) is 0 Å². The van der Waals surface area contributed by atoms with Crippen molar-refractivity contribution in [1.29, 1.82) is 0 Å². The number of hydrogen-bond donors (Lipinski definition) is 1. The maximum Gasteiger partial charge on any atom is 0.340 e. The first kappa shape index (κ1) is 13.0. The number of rotatable bonds is 2. The number of hydrazine groups is 1. The van der Waals surface area contributed by atoms with Gasteiger partial charge >= 0.3 is 6.03 Å². The summed E-state index contributed by atoms with van der Waals surface area (Å²) in [5, 5.41) is 2.47. The highest BCUT2D eigenvalue weighted by Gasteiger charge is 2.53. The summed E-state index contributed by atoms with van der Waals surface area (Å²) in [7, 11) is 1.82. The van der Waals surface area contributed by atoms with Crippen molar-refractivity contribution in [2.24, 2.45) is 5.92 Å². The van der Waals surface area contributed by atoms with Crippen molar-refractivity contribution in [3.8, 4) is 0 Å². The quantitative estimate of drug-likeness (QED) is 0.907. The van der Waals surface area contributed by atoms with Gasteiger partial charge in [0.15, 0.2) is 0 Å². The molecule has 6 heteroatoms. The number of halogens is 2. The van der Waals surface area contributed by atoms with Gasteiger partial charge < -0.3 is 4.90 Å². The molecule has 2 aliphatic rings. The zero-order valence-corrected chi connectivity index (χ0v) is 12.3. The third kappa shape index (κ3) is 1.98. The lowest BCUT2D eigenvalue weighted by atomic mass is 10.1. The molecule has 1 aliphatic carbocycles. The minimum Gasteiger partial charge on any atom is -0.306 e. The monoisotopic (exact) mass is 299 g/mol. The summed E-state index contributed by atoms with van der Waals surface area (Å²) >= 11 is 11.9. The largest absolute Gasteiger partial charge is 0.340 e. The van der Waals surface area contributed by atoms with E-state index in [2.05, 4.69) is 12.3 Å². The van der Waals surface area contributed by atoms with Crippen LogP contribution in [0, 0.1) is 5.92 Å². The summed E-state index contributed by atoms with van der Waals surface area (Å²) in [6.45, 7) is 2.06. The summed E-state index contributed by atoms with van der Waals surface area (Å²) < 4.78 is 0. The highest BCUT2D eigenvalue weighted by atomic mass is 35.5. The van der Waals surface area contributed by atoms with Crippen LogP contribution in [0.3, 0.4) is 0 Å². The van der Waals surface area contributed by atoms with Crippen LogP contribution in [0.25, 0.3) is 0 Å². The van der Waals surface area contributed by atoms with E-state index in [0.29, 0.717) is 21.7 Å². The second-order valence-corrected chi connectivity index (χ2v) is 6.12. The van der Waals surface area contributed by atoms with Crippen LogP contribution in [-0.4, -0.2) is 23.6 Å². The molecule has 1 heterocycles. The van der Waals surface area contributed by atoms with Crippen LogP contribution >= 0.6 is 23.2 Å². The molecule has 1 saturated heterocycles. The van der Waals surface area contributed by atoms with Crippen molar-refractivity contribution in [1.82, 2.24) is 10.3 Å². The molecule has 1 aliphatic heterocycles. The number of benzene rings is 1. The molecule has 1 saturated carbocycles. The molecule has 19 heavy (non-hydrogen) atoms. The molecule has 2 amide bonds. The van der Waals surface area contributed by atoms with Gasteiger partial charge in [-0.15, -0.1) is 0 Å². The zero-order valence-electron chi connectivity index (χ0n) is 10.8. The second-order valence-electron chi connectivity index (χ2n) is 5.31. The van der Waals surface area contributed by atoms with E-state index >= 15 is 0 Å². The van der Waals surface area contributed by atoms with E-state index in [0.717, 1.165) is 12.8 Å². The van der Waals surface area contributed by atoms with E-state index in [1.54, 1.807) is 28.1 Å². The Bertz CT molecular complexity index is 547. The van der Waals surface area contributed by atoms with Crippen LogP contribution in [0.5, 0.6) is 0 Å². The predicted octanol–water partition coefficient (Wildman–Crippen LogP) is 3.50. The Morgan fingerprint density at radius 1 is 1.32 bits per heavy atom. The molecule has 3 rings (SSSR count). The molecule has 1 unspecified atom stereocenters. The van der Waals surface area contributed by atoms with E-state index in [9.17, 15) is 4.79 Å². The third-order valence-corrected chi connectivity index (χ3v) is 4.79. The van der Waals surface area contributed by atoms with Gasteiger partial charge in [0, 0.05) is 7.05 Å². The molecule has 0 spiro atoms. The van der Waals surface area contributed by atoms with Gasteiger partial charge in [-0.25, -0.2) is 15.2 Å². The minimum absolute atomic E-state index is 0.0761. The fraction of sp³-hybridized carbons (Fsp3) is 0.462. The van der Waals surface area contributed by atoms with E-state index in [4.69, 9.17) is 23.2 Å². The Kier molecular flexibility index (Phi) is 2.93. The van der Waals surface area contributed by atoms with Crippen molar-refractivity contribution in [2.45, 2.75) is 25.4 Å². The Morgan fingerprint density at radius 3 is 2.58 bits per heavy atom. The van der Waals surface area contributed by atoms with Crippen LogP contribution in [0.4, 0.5) is 10.5 Å². The van der Waals surface area contributed by atoms with Gasteiger partial charge in [-0.1, -0.05) is 23.2 Å². The normalized spacial score (nSPS) is 27.3. The lowest BCUT2D eigenvalue weighted by Gasteiger charge is -2.30. The maximum atomic E-state index is 12.4. The predicted molar refractivity (Wildman–Crippen MR) is 76.4 cm³/mol. The number of hydrogen-bond acceptors (Lipinski definition) is 2. The van der Waals surface area contributed by atoms with Crippen LogP contribution in [0.1, 0.15) is 19.8 Å². The molecular weight excluding hydrogens is 285 g/mol. The molecule has 1 N–H and O–H groups in total. The summed E-state index contributed by atoms with van der Waals surface area (Å²) in [5.41, 5.74) is 3.69. The lowest BCUT2D eigenvalue weighted by Crippen LogP contribution is -2.51. The van der Waals surface area contributed by atoms with E-state index in [-0.39, 0.29) is 11.7 Å². The molecule has 0 radical (unpaired) electrons. The summed E-state index contributed by atoms with van der Waals surface area (Å²) in [6, 6.07) is 5.10. The van der Waals surface area contributed by atoms with Crippen LogP contribution in [0.15, 0.2) is 18.2 Å². The minimum atomic E-state index is -0.316. The summed E-state index contributed by atoms with van der Waals surface area (Å²) in [5.74, 6) is 0.509. The van der Waals surface area contributed by atoms with Crippen LogP contribution < -0.4 is 10.4 Å². The molecule has 102 valence electrons. The first-order valence-electron chi connectivity index (χ1n) is 6.24. The Labute approximate surface area is 122 Å². The van der Waals surface area contributed by atoms with Gasteiger partial charge in [-0.2, -0.15) is 0 Å². The number of amides is 2. The number of urea groups is 1. The summed E-state index contributed by atoms with van der Waals surface area (Å²) in [6.07, 6.45) is 2.30. The lowest BCUT2D eigenvalue weighted by molar-refractivity contribution is 0.151. The molecular formula is C13H15Cl2N3O.